The van der Waals surface area contributed by atoms with Gasteiger partial charge >= 0.3 is 0 Å². The highest BCUT2D eigenvalue weighted by atomic mass is 32.1. The summed E-state index contributed by atoms with van der Waals surface area (Å²) in [6, 6.07) is 3.59. The summed E-state index contributed by atoms with van der Waals surface area (Å²) < 4.78 is 0. The first-order valence-corrected chi connectivity index (χ1v) is 5.73. The van der Waals surface area contributed by atoms with Crippen LogP contribution in [0.2, 0.25) is 0 Å². The molecule has 0 aliphatic rings. The zero-order valence-electron chi connectivity index (χ0n) is 8.70. The number of hydrogen-bond donors (Lipinski definition) is 1. The number of rotatable bonds is 2. The molecule has 0 spiro atoms. The average molecular weight is 220 g/mol. The summed E-state index contributed by atoms with van der Waals surface area (Å²) in [5, 5.41) is 2.01. The number of aryl methyl sites for hydroxylation is 2. The van der Waals surface area contributed by atoms with Gasteiger partial charge in [-0.3, -0.25) is 4.79 Å². The molecule has 0 saturated heterocycles. The maximum Gasteiger partial charge on any atom is 0.251 e. The van der Waals surface area contributed by atoms with E-state index in [4.69, 9.17) is 0 Å². The van der Waals surface area contributed by atoms with E-state index in [1.54, 1.807) is 17.4 Å². The molecule has 0 radical (unpaired) electrons. The standard InChI is InChI=1S/C11H12N2OS/c1-3-9-12-8(6-10(14)13-9)11-7(2)4-5-15-11/h4-6H,3H2,1-2H3,(H,12,13,14). The van der Waals surface area contributed by atoms with Crippen LogP contribution in [0, 0.1) is 6.92 Å². The molecule has 1 N–H and O–H groups in total. The van der Waals surface area contributed by atoms with Gasteiger partial charge in [0, 0.05) is 12.5 Å². The van der Waals surface area contributed by atoms with Crippen molar-refractivity contribution >= 4 is 11.3 Å². The van der Waals surface area contributed by atoms with Crippen molar-refractivity contribution in [1.82, 2.24) is 9.97 Å². The molecule has 0 fully saturated rings. The molecule has 4 heteroatoms. The van der Waals surface area contributed by atoms with Gasteiger partial charge in [-0.15, -0.1) is 11.3 Å². The average Bonchev–Trinajstić information content (AvgIpc) is 2.63. The fourth-order valence-electron chi connectivity index (χ4n) is 1.43. The van der Waals surface area contributed by atoms with Crippen LogP contribution in [0.3, 0.4) is 0 Å². The Kier molecular flexibility index (Phi) is 2.68. The van der Waals surface area contributed by atoms with Crippen LogP contribution >= 0.6 is 11.3 Å². The van der Waals surface area contributed by atoms with E-state index in [2.05, 4.69) is 9.97 Å². The fraction of sp³-hybridized carbons (Fsp3) is 0.273. The Morgan fingerprint density at radius 1 is 1.53 bits per heavy atom. The van der Waals surface area contributed by atoms with Crippen molar-refractivity contribution in [1.29, 1.82) is 0 Å². The highest BCUT2D eigenvalue weighted by Gasteiger charge is 2.06. The van der Waals surface area contributed by atoms with Gasteiger partial charge in [-0.1, -0.05) is 6.92 Å². The van der Waals surface area contributed by atoms with Crippen LogP contribution in [0.1, 0.15) is 18.3 Å². The van der Waals surface area contributed by atoms with Crippen molar-refractivity contribution in [3.05, 3.63) is 39.3 Å². The van der Waals surface area contributed by atoms with Gasteiger partial charge in [-0.2, -0.15) is 0 Å². The lowest BCUT2D eigenvalue weighted by atomic mass is 10.2. The van der Waals surface area contributed by atoms with E-state index >= 15 is 0 Å². The van der Waals surface area contributed by atoms with Gasteiger partial charge in [-0.25, -0.2) is 4.98 Å². The van der Waals surface area contributed by atoms with Gasteiger partial charge in [0.15, 0.2) is 0 Å². The maximum absolute atomic E-state index is 11.4. The summed E-state index contributed by atoms with van der Waals surface area (Å²) in [5.74, 6) is 0.741. The minimum absolute atomic E-state index is 0.0790. The Morgan fingerprint density at radius 3 is 2.93 bits per heavy atom. The molecule has 15 heavy (non-hydrogen) atoms. The molecule has 2 rings (SSSR count). The van der Waals surface area contributed by atoms with E-state index in [1.807, 2.05) is 25.3 Å². The third-order valence-electron chi connectivity index (χ3n) is 2.22. The van der Waals surface area contributed by atoms with Gasteiger partial charge in [0.2, 0.25) is 0 Å². The smallest absolute Gasteiger partial charge is 0.251 e. The number of H-pyrrole nitrogens is 1. The molecule has 0 aliphatic heterocycles. The van der Waals surface area contributed by atoms with Crippen molar-refractivity contribution in [2.75, 3.05) is 0 Å². The third kappa shape index (κ3) is 1.99. The van der Waals surface area contributed by atoms with E-state index in [0.29, 0.717) is 0 Å². The summed E-state index contributed by atoms with van der Waals surface area (Å²) in [7, 11) is 0. The van der Waals surface area contributed by atoms with Crippen LogP contribution in [-0.4, -0.2) is 9.97 Å². The molecule has 2 aromatic rings. The Morgan fingerprint density at radius 2 is 2.33 bits per heavy atom. The lowest BCUT2D eigenvalue weighted by molar-refractivity contribution is 0.925. The van der Waals surface area contributed by atoms with Crippen molar-refractivity contribution in [3.8, 4) is 10.6 Å². The number of aromatic amines is 1. The van der Waals surface area contributed by atoms with Crippen LogP contribution < -0.4 is 5.56 Å². The minimum Gasteiger partial charge on any atom is -0.311 e. The predicted octanol–water partition coefficient (Wildman–Crippen LogP) is 2.37. The van der Waals surface area contributed by atoms with Crippen molar-refractivity contribution in [3.63, 3.8) is 0 Å². The molecule has 78 valence electrons. The predicted molar refractivity (Wildman–Crippen MR) is 62.3 cm³/mol. The van der Waals surface area contributed by atoms with Crippen LogP contribution in [-0.2, 0) is 6.42 Å². The topological polar surface area (TPSA) is 45.8 Å². The van der Waals surface area contributed by atoms with Gasteiger partial charge in [-0.05, 0) is 23.9 Å². The molecule has 0 atom stereocenters. The summed E-state index contributed by atoms with van der Waals surface area (Å²) >= 11 is 1.62. The van der Waals surface area contributed by atoms with E-state index in [0.717, 1.165) is 22.8 Å². The van der Waals surface area contributed by atoms with Gasteiger partial charge in [0.05, 0.1) is 10.6 Å². The lowest BCUT2D eigenvalue weighted by Gasteiger charge is -2.01. The number of thiophene rings is 1. The Bertz CT molecular complexity index is 527. The zero-order valence-corrected chi connectivity index (χ0v) is 9.52. The largest absolute Gasteiger partial charge is 0.311 e. The fourth-order valence-corrected chi connectivity index (χ4v) is 2.31. The minimum atomic E-state index is -0.0790. The Hall–Kier alpha value is -1.42. The summed E-state index contributed by atoms with van der Waals surface area (Å²) in [5.41, 5.74) is 1.87. The molecule has 0 aliphatic carbocycles. The normalized spacial score (nSPS) is 10.5. The second-order valence-electron chi connectivity index (χ2n) is 3.36. The molecule has 2 heterocycles. The molecule has 3 nitrogen and oxygen atoms in total. The molecular weight excluding hydrogens is 208 g/mol. The Balaban J connectivity index is 2.58. The monoisotopic (exact) mass is 220 g/mol. The van der Waals surface area contributed by atoms with E-state index in [9.17, 15) is 4.79 Å². The number of nitrogens with one attached hydrogen (secondary N) is 1. The lowest BCUT2D eigenvalue weighted by Crippen LogP contribution is -2.10. The molecule has 0 aromatic carbocycles. The molecule has 0 amide bonds. The molecular formula is C11H12N2OS. The van der Waals surface area contributed by atoms with Crippen molar-refractivity contribution in [2.45, 2.75) is 20.3 Å². The highest BCUT2D eigenvalue weighted by molar-refractivity contribution is 7.13. The second kappa shape index (κ2) is 3.98. The first kappa shape index (κ1) is 10.1. The number of aromatic nitrogens is 2. The second-order valence-corrected chi connectivity index (χ2v) is 4.28. The first-order chi connectivity index (χ1) is 7.20. The summed E-state index contributed by atoms with van der Waals surface area (Å²) in [6.45, 7) is 4.00. The quantitative estimate of drug-likeness (QED) is 0.844. The number of nitrogens with zero attached hydrogens (tertiary/aromatic N) is 1. The van der Waals surface area contributed by atoms with Crippen molar-refractivity contribution < 1.29 is 0 Å². The van der Waals surface area contributed by atoms with Crippen LogP contribution in [0.25, 0.3) is 10.6 Å². The Labute approximate surface area is 91.8 Å². The summed E-state index contributed by atoms with van der Waals surface area (Å²) in [4.78, 5) is 19.6. The van der Waals surface area contributed by atoms with E-state index in [-0.39, 0.29) is 5.56 Å². The molecule has 0 saturated carbocycles. The first-order valence-electron chi connectivity index (χ1n) is 4.85. The van der Waals surface area contributed by atoms with Crippen LogP contribution in [0.5, 0.6) is 0 Å². The van der Waals surface area contributed by atoms with E-state index in [1.165, 1.54) is 5.56 Å². The SMILES string of the molecule is CCc1nc(-c2sccc2C)cc(=O)[nH]1. The molecule has 0 unspecified atom stereocenters. The summed E-state index contributed by atoms with van der Waals surface area (Å²) in [6.07, 6.45) is 0.744. The van der Waals surface area contributed by atoms with Crippen molar-refractivity contribution in [2.24, 2.45) is 0 Å². The maximum atomic E-state index is 11.4. The van der Waals surface area contributed by atoms with Gasteiger partial charge in [0.1, 0.15) is 5.82 Å². The molecule has 2 aromatic heterocycles. The third-order valence-corrected chi connectivity index (χ3v) is 3.26. The van der Waals surface area contributed by atoms with E-state index < -0.39 is 0 Å². The zero-order chi connectivity index (χ0) is 10.8. The number of hydrogen-bond acceptors (Lipinski definition) is 3. The van der Waals surface area contributed by atoms with Crippen LogP contribution in [0.15, 0.2) is 22.3 Å². The molecule has 0 bridgehead atoms. The van der Waals surface area contributed by atoms with Gasteiger partial charge in [0.25, 0.3) is 5.56 Å². The highest BCUT2D eigenvalue weighted by Crippen LogP contribution is 2.26. The van der Waals surface area contributed by atoms with Crippen LogP contribution in [0.4, 0.5) is 0 Å². The van der Waals surface area contributed by atoms with Gasteiger partial charge < -0.3 is 4.98 Å².